The molecule has 0 fully saturated rings. The number of rotatable bonds is 5. The number of hydrogen-bond acceptors (Lipinski definition) is 0. The highest BCUT2D eigenvalue weighted by Crippen LogP contribution is 2.38. The van der Waals surface area contributed by atoms with E-state index in [0.717, 1.165) is 17.8 Å². The summed E-state index contributed by atoms with van der Waals surface area (Å²) >= 11 is 0. The molecule has 0 radical (unpaired) electrons. The van der Waals surface area contributed by atoms with Gasteiger partial charge in [0.15, 0.2) is 0 Å². The predicted molar refractivity (Wildman–Crippen MR) is 61.9 cm³/mol. The Morgan fingerprint density at radius 1 is 1.00 bits per heavy atom. The van der Waals surface area contributed by atoms with Gasteiger partial charge in [0.05, 0.1) is 0 Å². The Labute approximate surface area is 85.1 Å². The van der Waals surface area contributed by atoms with E-state index in [0.29, 0.717) is 5.41 Å². The highest BCUT2D eigenvalue weighted by atomic mass is 14.3. The summed E-state index contributed by atoms with van der Waals surface area (Å²) in [4.78, 5) is 0. The molecule has 0 aromatic carbocycles. The van der Waals surface area contributed by atoms with Crippen LogP contribution in [0, 0.1) is 23.2 Å². The van der Waals surface area contributed by atoms with Crippen LogP contribution in [0.3, 0.4) is 0 Å². The molecule has 0 spiro atoms. The quantitative estimate of drug-likeness (QED) is 0.579. The Kier molecular flexibility index (Phi) is 5.02. The summed E-state index contributed by atoms with van der Waals surface area (Å²) in [5, 5.41) is 0. The van der Waals surface area contributed by atoms with Crippen LogP contribution in [-0.2, 0) is 0 Å². The van der Waals surface area contributed by atoms with Gasteiger partial charge in [-0.15, -0.1) is 0 Å². The number of hydrogen-bond donors (Lipinski definition) is 0. The summed E-state index contributed by atoms with van der Waals surface area (Å²) in [5.74, 6) is 2.50. The van der Waals surface area contributed by atoms with Gasteiger partial charge in [-0.1, -0.05) is 54.9 Å². The third-order valence-electron chi connectivity index (χ3n) is 4.21. The molecule has 2 atom stereocenters. The van der Waals surface area contributed by atoms with Gasteiger partial charge < -0.3 is 0 Å². The summed E-state index contributed by atoms with van der Waals surface area (Å²) in [6.07, 6.45) is 2.69. The molecule has 0 saturated carbocycles. The maximum Gasteiger partial charge on any atom is -0.0305 e. The van der Waals surface area contributed by atoms with Crippen LogP contribution in [0.15, 0.2) is 0 Å². The van der Waals surface area contributed by atoms with E-state index < -0.39 is 0 Å². The van der Waals surface area contributed by atoms with Crippen LogP contribution in [0.2, 0.25) is 0 Å². The lowest BCUT2D eigenvalue weighted by Crippen LogP contribution is -2.28. The van der Waals surface area contributed by atoms with Crippen molar-refractivity contribution in [3.05, 3.63) is 0 Å². The SMILES string of the molecule is CCC(C)CC(C)C(C)(C)C(C)C. The summed E-state index contributed by atoms with van der Waals surface area (Å²) in [6.45, 7) is 16.6. The average Bonchev–Trinajstić information content (AvgIpc) is 2.03. The molecule has 0 aromatic rings. The van der Waals surface area contributed by atoms with Crippen molar-refractivity contribution in [2.75, 3.05) is 0 Å². The molecule has 80 valence electrons. The van der Waals surface area contributed by atoms with E-state index >= 15 is 0 Å². The molecule has 0 saturated heterocycles. The fraction of sp³-hybridized carbons (Fsp3) is 1.00. The zero-order valence-electron chi connectivity index (χ0n) is 10.6. The van der Waals surface area contributed by atoms with Gasteiger partial charge in [0.1, 0.15) is 0 Å². The third kappa shape index (κ3) is 3.70. The molecule has 0 heterocycles. The van der Waals surface area contributed by atoms with Crippen LogP contribution in [0.5, 0.6) is 0 Å². The smallest absolute Gasteiger partial charge is 0.0305 e. The second kappa shape index (κ2) is 5.02. The van der Waals surface area contributed by atoms with E-state index in [1.54, 1.807) is 0 Å². The maximum atomic E-state index is 2.41. The van der Waals surface area contributed by atoms with Gasteiger partial charge in [-0.3, -0.25) is 0 Å². The molecule has 0 amide bonds. The van der Waals surface area contributed by atoms with Crippen molar-refractivity contribution in [3.8, 4) is 0 Å². The van der Waals surface area contributed by atoms with Gasteiger partial charge in [-0.2, -0.15) is 0 Å². The molecular weight excluding hydrogens is 156 g/mol. The summed E-state index contributed by atoms with van der Waals surface area (Å²) in [5.41, 5.74) is 0.490. The Morgan fingerprint density at radius 2 is 1.46 bits per heavy atom. The lowest BCUT2D eigenvalue weighted by Gasteiger charge is -2.37. The highest BCUT2D eigenvalue weighted by molar-refractivity contribution is 4.79. The fourth-order valence-corrected chi connectivity index (χ4v) is 1.64. The zero-order chi connectivity index (χ0) is 10.6. The Balaban J connectivity index is 4.16. The van der Waals surface area contributed by atoms with Crippen LogP contribution < -0.4 is 0 Å². The predicted octanol–water partition coefficient (Wildman–Crippen LogP) is 4.74. The van der Waals surface area contributed by atoms with E-state index in [1.807, 2.05) is 0 Å². The first-order valence-corrected chi connectivity index (χ1v) is 5.82. The molecule has 0 aliphatic rings. The molecule has 0 bridgehead atoms. The minimum Gasteiger partial charge on any atom is -0.0651 e. The minimum absolute atomic E-state index is 0.490. The molecule has 0 N–H and O–H groups in total. The first-order chi connectivity index (χ1) is 5.82. The van der Waals surface area contributed by atoms with Crippen LogP contribution in [0.1, 0.15) is 61.3 Å². The normalized spacial score (nSPS) is 17.5. The van der Waals surface area contributed by atoms with Gasteiger partial charge in [0, 0.05) is 0 Å². The molecule has 2 unspecified atom stereocenters. The molecular formula is C13H28. The van der Waals surface area contributed by atoms with Crippen LogP contribution in [0.4, 0.5) is 0 Å². The van der Waals surface area contributed by atoms with Crippen LogP contribution in [-0.4, -0.2) is 0 Å². The van der Waals surface area contributed by atoms with Gasteiger partial charge in [-0.25, -0.2) is 0 Å². The lowest BCUT2D eigenvalue weighted by atomic mass is 9.69. The van der Waals surface area contributed by atoms with Crippen molar-refractivity contribution < 1.29 is 0 Å². The van der Waals surface area contributed by atoms with Crippen molar-refractivity contribution in [2.45, 2.75) is 61.3 Å². The van der Waals surface area contributed by atoms with Crippen molar-refractivity contribution in [1.29, 1.82) is 0 Å². The van der Waals surface area contributed by atoms with E-state index in [-0.39, 0.29) is 0 Å². The van der Waals surface area contributed by atoms with Gasteiger partial charge >= 0.3 is 0 Å². The minimum atomic E-state index is 0.490. The van der Waals surface area contributed by atoms with Crippen molar-refractivity contribution >= 4 is 0 Å². The van der Waals surface area contributed by atoms with Gasteiger partial charge in [-0.05, 0) is 29.6 Å². The first kappa shape index (κ1) is 13.0. The molecule has 0 nitrogen and oxygen atoms in total. The second-order valence-corrected chi connectivity index (χ2v) is 5.63. The topological polar surface area (TPSA) is 0 Å². The molecule has 13 heavy (non-hydrogen) atoms. The monoisotopic (exact) mass is 184 g/mol. The van der Waals surface area contributed by atoms with E-state index in [1.165, 1.54) is 12.8 Å². The fourth-order valence-electron chi connectivity index (χ4n) is 1.64. The van der Waals surface area contributed by atoms with Crippen LogP contribution in [0.25, 0.3) is 0 Å². The molecule has 0 aliphatic carbocycles. The Morgan fingerprint density at radius 3 is 1.77 bits per heavy atom. The maximum absolute atomic E-state index is 2.41. The van der Waals surface area contributed by atoms with Crippen molar-refractivity contribution in [2.24, 2.45) is 23.2 Å². The van der Waals surface area contributed by atoms with E-state index in [9.17, 15) is 0 Å². The highest BCUT2D eigenvalue weighted by Gasteiger charge is 2.29. The summed E-state index contributed by atoms with van der Waals surface area (Å²) in [7, 11) is 0. The Hall–Kier alpha value is 0. The van der Waals surface area contributed by atoms with E-state index in [2.05, 4.69) is 48.5 Å². The molecule has 0 heteroatoms. The van der Waals surface area contributed by atoms with Crippen molar-refractivity contribution in [1.82, 2.24) is 0 Å². The van der Waals surface area contributed by atoms with Gasteiger partial charge in [0.2, 0.25) is 0 Å². The second-order valence-electron chi connectivity index (χ2n) is 5.63. The summed E-state index contributed by atoms with van der Waals surface area (Å²) < 4.78 is 0. The molecule has 0 aliphatic heterocycles. The third-order valence-corrected chi connectivity index (χ3v) is 4.21. The molecule has 0 rings (SSSR count). The zero-order valence-corrected chi connectivity index (χ0v) is 10.6. The largest absolute Gasteiger partial charge is 0.0651 e. The average molecular weight is 184 g/mol. The summed E-state index contributed by atoms with van der Waals surface area (Å²) in [6, 6.07) is 0. The van der Waals surface area contributed by atoms with E-state index in [4.69, 9.17) is 0 Å². The standard InChI is InChI=1S/C13H28/c1-8-11(4)9-12(5)13(6,7)10(2)3/h10-12H,8-9H2,1-7H3. The lowest BCUT2D eigenvalue weighted by molar-refractivity contribution is 0.128. The Bertz CT molecular complexity index is 133. The van der Waals surface area contributed by atoms with Gasteiger partial charge in [0.25, 0.3) is 0 Å². The van der Waals surface area contributed by atoms with Crippen LogP contribution >= 0.6 is 0 Å². The molecule has 0 aromatic heterocycles. The van der Waals surface area contributed by atoms with Crippen molar-refractivity contribution in [3.63, 3.8) is 0 Å². The first-order valence-electron chi connectivity index (χ1n) is 5.82.